The topological polar surface area (TPSA) is 33.1 Å². The molecule has 4 nitrogen and oxygen atoms in total. The molecular weight excluding hydrogens is 200 g/mol. The van der Waals surface area contributed by atoms with E-state index < -0.39 is 0 Å². The molecule has 0 aliphatic heterocycles. The molecule has 0 radical (unpaired) electrons. The van der Waals surface area contributed by atoms with Crippen molar-refractivity contribution in [3.63, 3.8) is 0 Å². The Labute approximate surface area is 89.9 Å². The Hall–Kier alpha value is -0.580. The van der Waals surface area contributed by atoms with Crippen LogP contribution in [0.2, 0.25) is 5.15 Å². The molecule has 5 heteroatoms. The summed E-state index contributed by atoms with van der Waals surface area (Å²) in [6, 6.07) is 0. The maximum absolute atomic E-state index is 5.86. The molecule has 0 aliphatic carbocycles. The van der Waals surface area contributed by atoms with Crippen LogP contribution in [0.15, 0.2) is 6.20 Å². The second-order valence-corrected chi connectivity index (χ2v) is 3.92. The van der Waals surface area contributed by atoms with E-state index in [2.05, 4.69) is 29.3 Å². The molecule has 0 atom stereocenters. The van der Waals surface area contributed by atoms with Crippen LogP contribution in [0.4, 0.5) is 0 Å². The number of aromatic nitrogens is 2. The first-order chi connectivity index (χ1) is 6.61. The normalized spacial score (nSPS) is 11.2. The van der Waals surface area contributed by atoms with Crippen LogP contribution in [-0.2, 0) is 13.6 Å². The van der Waals surface area contributed by atoms with Crippen LogP contribution in [0.3, 0.4) is 0 Å². The molecule has 14 heavy (non-hydrogen) atoms. The van der Waals surface area contributed by atoms with Gasteiger partial charge in [-0.2, -0.15) is 0 Å². The minimum atomic E-state index is 0.675. The van der Waals surface area contributed by atoms with Crippen LogP contribution in [0.1, 0.15) is 5.82 Å². The Balaban J connectivity index is 2.28. The van der Waals surface area contributed by atoms with Gasteiger partial charge < -0.3 is 14.8 Å². The van der Waals surface area contributed by atoms with Crippen molar-refractivity contribution in [2.45, 2.75) is 6.54 Å². The Morgan fingerprint density at radius 2 is 2.29 bits per heavy atom. The van der Waals surface area contributed by atoms with E-state index in [1.807, 2.05) is 11.6 Å². The van der Waals surface area contributed by atoms with Gasteiger partial charge in [0.15, 0.2) is 0 Å². The monoisotopic (exact) mass is 216 g/mol. The lowest BCUT2D eigenvalue weighted by Crippen LogP contribution is -2.27. The molecule has 80 valence electrons. The predicted molar refractivity (Wildman–Crippen MR) is 58.5 cm³/mol. The van der Waals surface area contributed by atoms with Gasteiger partial charge in [0.1, 0.15) is 11.0 Å². The zero-order valence-electron chi connectivity index (χ0n) is 8.92. The molecule has 0 saturated carbocycles. The van der Waals surface area contributed by atoms with E-state index in [4.69, 9.17) is 11.6 Å². The zero-order valence-corrected chi connectivity index (χ0v) is 9.67. The van der Waals surface area contributed by atoms with E-state index in [0.717, 1.165) is 25.5 Å². The largest absolute Gasteiger partial charge is 0.321 e. The van der Waals surface area contributed by atoms with Gasteiger partial charge in [-0.25, -0.2) is 4.98 Å². The van der Waals surface area contributed by atoms with Gasteiger partial charge in [-0.1, -0.05) is 11.6 Å². The average molecular weight is 217 g/mol. The Morgan fingerprint density at radius 3 is 2.79 bits per heavy atom. The highest BCUT2D eigenvalue weighted by Crippen LogP contribution is 2.08. The van der Waals surface area contributed by atoms with E-state index in [1.54, 1.807) is 6.20 Å². The molecule has 1 rings (SSSR count). The van der Waals surface area contributed by atoms with Gasteiger partial charge in [0.05, 0.1) is 12.7 Å². The quantitative estimate of drug-likeness (QED) is 0.737. The van der Waals surface area contributed by atoms with E-state index in [9.17, 15) is 0 Å². The number of hydrogen-bond donors (Lipinski definition) is 1. The molecule has 0 amide bonds. The van der Waals surface area contributed by atoms with Crippen LogP contribution in [0, 0.1) is 0 Å². The van der Waals surface area contributed by atoms with Gasteiger partial charge in [-0.15, -0.1) is 0 Å². The summed E-state index contributed by atoms with van der Waals surface area (Å²) in [6.45, 7) is 2.74. The molecule has 0 aromatic carbocycles. The fourth-order valence-corrected chi connectivity index (χ4v) is 1.24. The van der Waals surface area contributed by atoms with Gasteiger partial charge in [-0.05, 0) is 14.1 Å². The number of imidazole rings is 1. The first kappa shape index (κ1) is 11.5. The average Bonchev–Trinajstić information content (AvgIpc) is 2.43. The maximum Gasteiger partial charge on any atom is 0.128 e. The van der Waals surface area contributed by atoms with E-state index in [-0.39, 0.29) is 0 Å². The minimum Gasteiger partial charge on any atom is -0.321 e. The molecular formula is C9H17ClN4. The molecule has 1 N–H and O–H groups in total. The lowest BCUT2D eigenvalue weighted by Gasteiger charge is -2.10. The predicted octanol–water partition coefficient (Wildman–Crippen LogP) is 0.725. The number of nitrogens with one attached hydrogen (secondary N) is 1. The lowest BCUT2D eigenvalue weighted by atomic mass is 10.5. The van der Waals surface area contributed by atoms with Crippen molar-refractivity contribution in [1.29, 1.82) is 0 Å². The minimum absolute atomic E-state index is 0.675. The van der Waals surface area contributed by atoms with Crippen LogP contribution in [-0.4, -0.2) is 41.6 Å². The Morgan fingerprint density at radius 1 is 1.57 bits per heavy atom. The molecule has 1 aromatic rings. The van der Waals surface area contributed by atoms with Crippen LogP contribution >= 0.6 is 11.6 Å². The second kappa shape index (κ2) is 5.34. The first-order valence-electron chi connectivity index (χ1n) is 4.63. The standard InChI is InChI=1S/C9H17ClN4/c1-13(2)5-4-11-7-9-12-6-8(10)14(9)3/h6,11H,4-5,7H2,1-3H3. The van der Waals surface area contributed by atoms with Gasteiger partial charge in [-0.3, -0.25) is 0 Å². The van der Waals surface area contributed by atoms with Crippen molar-refractivity contribution >= 4 is 11.6 Å². The summed E-state index contributed by atoms with van der Waals surface area (Å²) in [7, 11) is 6.02. The van der Waals surface area contributed by atoms with Crippen molar-refractivity contribution in [3.8, 4) is 0 Å². The second-order valence-electron chi connectivity index (χ2n) is 3.54. The molecule has 0 fully saturated rings. The fraction of sp³-hybridized carbons (Fsp3) is 0.667. The molecule has 0 spiro atoms. The summed E-state index contributed by atoms with van der Waals surface area (Å²) in [4.78, 5) is 6.32. The van der Waals surface area contributed by atoms with Crippen molar-refractivity contribution in [2.24, 2.45) is 7.05 Å². The fourth-order valence-electron chi connectivity index (χ4n) is 1.09. The summed E-state index contributed by atoms with van der Waals surface area (Å²) in [5.74, 6) is 0.966. The number of likely N-dealkylation sites (N-methyl/N-ethyl adjacent to an activating group) is 1. The van der Waals surface area contributed by atoms with Crippen molar-refractivity contribution in [2.75, 3.05) is 27.2 Å². The number of rotatable bonds is 5. The SMILES string of the molecule is CN(C)CCNCc1ncc(Cl)n1C. The highest BCUT2D eigenvalue weighted by molar-refractivity contribution is 6.29. The van der Waals surface area contributed by atoms with E-state index in [1.165, 1.54) is 0 Å². The smallest absolute Gasteiger partial charge is 0.128 e. The van der Waals surface area contributed by atoms with Crippen molar-refractivity contribution in [3.05, 3.63) is 17.2 Å². The number of nitrogens with zero attached hydrogens (tertiary/aromatic N) is 3. The van der Waals surface area contributed by atoms with Crippen LogP contribution in [0.5, 0.6) is 0 Å². The van der Waals surface area contributed by atoms with Crippen molar-refractivity contribution in [1.82, 2.24) is 19.8 Å². The maximum atomic E-state index is 5.86. The van der Waals surface area contributed by atoms with Gasteiger partial charge >= 0.3 is 0 Å². The summed E-state index contributed by atoms with van der Waals surface area (Å²) >= 11 is 5.86. The zero-order chi connectivity index (χ0) is 10.6. The summed E-state index contributed by atoms with van der Waals surface area (Å²) < 4.78 is 1.88. The van der Waals surface area contributed by atoms with Crippen LogP contribution < -0.4 is 5.32 Å². The molecule has 0 aliphatic rings. The van der Waals surface area contributed by atoms with E-state index in [0.29, 0.717) is 5.15 Å². The van der Waals surface area contributed by atoms with Crippen molar-refractivity contribution < 1.29 is 0 Å². The Kier molecular flexibility index (Phi) is 4.38. The van der Waals surface area contributed by atoms with Crippen LogP contribution in [0.25, 0.3) is 0 Å². The molecule has 0 saturated heterocycles. The third-order valence-electron chi connectivity index (χ3n) is 2.05. The summed E-state index contributed by atoms with van der Waals surface area (Å²) in [5.41, 5.74) is 0. The summed E-state index contributed by atoms with van der Waals surface area (Å²) in [6.07, 6.45) is 1.67. The van der Waals surface area contributed by atoms with Gasteiger partial charge in [0.2, 0.25) is 0 Å². The number of halogens is 1. The van der Waals surface area contributed by atoms with Gasteiger partial charge in [0.25, 0.3) is 0 Å². The van der Waals surface area contributed by atoms with Gasteiger partial charge in [0, 0.05) is 20.1 Å². The first-order valence-corrected chi connectivity index (χ1v) is 5.00. The highest BCUT2D eigenvalue weighted by Gasteiger charge is 2.02. The third kappa shape index (κ3) is 3.29. The molecule has 1 aromatic heterocycles. The van der Waals surface area contributed by atoms with E-state index >= 15 is 0 Å². The molecule has 1 heterocycles. The number of hydrogen-bond acceptors (Lipinski definition) is 3. The third-order valence-corrected chi connectivity index (χ3v) is 2.40. The highest BCUT2D eigenvalue weighted by atomic mass is 35.5. The molecule has 0 bridgehead atoms. The summed E-state index contributed by atoms with van der Waals surface area (Å²) in [5, 5.41) is 3.98. The molecule has 0 unspecified atom stereocenters. The Bertz CT molecular complexity index is 282. The lowest BCUT2D eigenvalue weighted by molar-refractivity contribution is 0.398.